The third-order valence-corrected chi connectivity index (χ3v) is 3.30. The van der Waals surface area contributed by atoms with Crippen LogP contribution in [0, 0.1) is 0 Å². The highest BCUT2D eigenvalue weighted by Gasteiger charge is 2.39. The van der Waals surface area contributed by atoms with Crippen molar-refractivity contribution in [2.45, 2.75) is 31.9 Å². The Bertz CT molecular complexity index is 493. The quantitative estimate of drug-likeness (QED) is 0.902. The fraction of sp³-hybridized carbons (Fsp3) is 0.429. The Kier molecular flexibility index (Phi) is 4.32. The van der Waals surface area contributed by atoms with Gasteiger partial charge in [-0.05, 0) is 12.5 Å². The Morgan fingerprint density at radius 3 is 2.50 bits per heavy atom. The molecule has 4 nitrogen and oxygen atoms in total. The molecule has 0 aliphatic carbocycles. The Morgan fingerprint density at radius 2 is 1.90 bits per heavy atom. The van der Waals surface area contributed by atoms with Crippen molar-refractivity contribution in [1.82, 2.24) is 10.2 Å². The second-order valence-corrected chi connectivity index (χ2v) is 4.82. The minimum absolute atomic E-state index is 0.234. The van der Waals surface area contributed by atoms with E-state index in [9.17, 15) is 18.4 Å². The largest absolute Gasteiger partial charge is 0.343 e. The van der Waals surface area contributed by atoms with E-state index >= 15 is 0 Å². The van der Waals surface area contributed by atoms with Gasteiger partial charge in [-0.25, -0.2) is 8.78 Å². The van der Waals surface area contributed by atoms with E-state index in [2.05, 4.69) is 5.32 Å². The minimum atomic E-state index is -2.66. The molecule has 20 heavy (non-hydrogen) atoms. The summed E-state index contributed by atoms with van der Waals surface area (Å²) in [7, 11) is 0. The number of hydrogen-bond acceptors (Lipinski definition) is 2. The molecule has 0 saturated carbocycles. The van der Waals surface area contributed by atoms with Crippen molar-refractivity contribution in [2.24, 2.45) is 0 Å². The maximum absolute atomic E-state index is 12.6. The van der Waals surface area contributed by atoms with Crippen LogP contribution in [0.5, 0.6) is 0 Å². The number of halogens is 2. The lowest BCUT2D eigenvalue weighted by molar-refractivity contribution is -0.150. The summed E-state index contributed by atoms with van der Waals surface area (Å²) >= 11 is 0. The molecule has 2 rings (SSSR count). The van der Waals surface area contributed by atoms with Gasteiger partial charge in [-0.3, -0.25) is 9.59 Å². The molecule has 0 aromatic heterocycles. The predicted octanol–water partition coefficient (Wildman–Crippen LogP) is 1.21. The van der Waals surface area contributed by atoms with Crippen LogP contribution >= 0.6 is 0 Å². The van der Waals surface area contributed by atoms with E-state index in [0.29, 0.717) is 0 Å². The number of piperazine rings is 1. The molecule has 1 heterocycles. The van der Waals surface area contributed by atoms with Gasteiger partial charge < -0.3 is 10.2 Å². The van der Waals surface area contributed by atoms with Gasteiger partial charge >= 0.3 is 0 Å². The summed E-state index contributed by atoms with van der Waals surface area (Å²) in [6, 6.07) is 7.40. The highest BCUT2D eigenvalue weighted by molar-refractivity contribution is 5.96. The van der Waals surface area contributed by atoms with Crippen LogP contribution in [0.3, 0.4) is 0 Å². The summed E-state index contributed by atoms with van der Waals surface area (Å²) < 4.78 is 25.3. The average molecular weight is 282 g/mol. The number of amides is 2. The van der Waals surface area contributed by atoms with Crippen LogP contribution in [0.1, 0.15) is 12.5 Å². The van der Waals surface area contributed by atoms with E-state index in [4.69, 9.17) is 0 Å². The molecular weight excluding hydrogens is 266 g/mol. The fourth-order valence-corrected chi connectivity index (χ4v) is 2.32. The van der Waals surface area contributed by atoms with E-state index in [1.807, 2.05) is 6.07 Å². The van der Waals surface area contributed by atoms with Crippen LogP contribution < -0.4 is 5.32 Å². The topological polar surface area (TPSA) is 49.4 Å². The van der Waals surface area contributed by atoms with Crippen molar-refractivity contribution in [2.75, 3.05) is 6.54 Å². The van der Waals surface area contributed by atoms with Gasteiger partial charge in [0.2, 0.25) is 11.8 Å². The molecule has 2 atom stereocenters. The van der Waals surface area contributed by atoms with Crippen LogP contribution in [-0.4, -0.2) is 41.8 Å². The summed E-state index contributed by atoms with van der Waals surface area (Å²) in [4.78, 5) is 25.0. The lowest BCUT2D eigenvalue weighted by atomic mass is 10.00. The summed E-state index contributed by atoms with van der Waals surface area (Å²) in [6.45, 7) is 0.783. The normalized spacial score (nSPS) is 23.1. The third-order valence-electron chi connectivity index (χ3n) is 3.30. The standard InChI is InChI=1S/C14H16F2N2O2/c1-9-14(20)18(8-12(15)16)11(13(19)17-9)7-10-5-3-2-4-6-10/h2-6,9,11-12H,7-8H2,1H3,(H,17,19). The first-order valence-corrected chi connectivity index (χ1v) is 6.42. The molecule has 1 fully saturated rings. The van der Waals surface area contributed by atoms with Gasteiger partial charge in [0, 0.05) is 6.42 Å². The lowest BCUT2D eigenvalue weighted by Gasteiger charge is -2.37. The molecule has 2 unspecified atom stereocenters. The van der Waals surface area contributed by atoms with Gasteiger partial charge in [0.15, 0.2) is 0 Å². The number of benzene rings is 1. The van der Waals surface area contributed by atoms with Gasteiger partial charge in [-0.15, -0.1) is 0 Å². The molecule has 1 N–H and O–H groups in total. The molecule has 1 aromatic carbocycles. The zero-order valence-corrected chi connectivity index (χ0v) is 11.1. The molecule has 6 heteroatoms. The van der Waals surface area contributed by atoms with Crippen molar-refractivity contribution in [1.29, 1.82) is 0 Å². The fourth-order valence-electron chi connectivity index (χ4n) is 2.32. The first-order chi connectivity index (χ1) is 9.49. The number of hydrogen-bond donors (Lipinski definition) is 1. The van der Waals surface area contributed by atoms with Crippen LogP contribution in [-0.2, 0) is 16.0 Å². The van der Waals surface area contributed by atoms with E-state index in [1.165, 1.54) is 6.92 Å². The lowest BCUT2D eigenvalue weighted by Crippen LogP contribution is -2.63. The average Bonchev–Trinajstić information content (AvgIpc) is 2.41. The Labute approximate surface area is 115 Å². The number of nitrogens with one attached hydrogen (secondary N) is 1. The second-order valence-electron chi connectivity index (χ2n) is 4.82. The number of rotatable bonds is 4. The Hall–Kier alpha value is -1.98. The van der Waals surface area contributed by atoms with Gasteiger partial charge in [-0.1, -0.05) is 30.3 Å². The molecule has 0 bridgehead atoms. The van der Waals surface area contributed by atoms with E-state index in [1.54, 1.807) is 24.3 Å². The highest BCUT2D eigenvalue weighted by atomic mass is 19.3. The summed E-state index contributed by atoms with van der Waals surface area (Å²) in [5.41, 5.74) is 0.828. The van der Waals surface area contributed by atoms with Crippen LogP contribution in [0.2, 0.25) is 0 Å². The number of carbonyl (C=O) groups is 2. The first kappa shape index (κ1) is 14.4. The third kappa shape index (κ3) is 3.12. The minimum Gasteiger partial charge on any atom is -0.343 e. The molecular formula is C14H16F2N2O2. The SMILES string of the molecule is CC1NC(=O)C(Cc2ccccc2)N(CC(F)F)C1=O. The zero-order valence-electron chi connectivity index (χ0n) is 11.1. The number of nitrogens with zero attached hydrogens (tertiary/aromatic N) is 1. The van der Waals surface area contributed by atoms with Gasteiger partial charge in [-0.2, -0.15) is 0 Å². The van der Waals surface area contributed by atoms with Crippen LogP contribution in [0.25, 0.3) is 0 Å². The van der Waals surface area contributed by atoms with Crippen molar-refractivity contribution in [3.8, 4) is 0 Å². The van der Waals surface area contributed by atoms with Crippen molar-refractivity contribution in [3.05, 3.63) is 35.9 Å². The molecule has 0 spiro atoms. The molecule has 1 aromatic rings. The van der Waals surface area contributed by atoms with E-state index < -0.39 is 31.0 Å². The van der Waals surface area contributed by atoms with Crippen molar-refractivity contribution >= 4 is 11.8 Å². The van der Waals surface area contributed by atoms with E-state index in [-0.39, 0.29) is 12.3 Å². The van der Waals surface area contributed by atoms with Gasteiger partial charge in [0.1, 0.15) is 12.1 Å². The monoisotopic (exact) mass is 282 g/mol. The molecule has 108 valence electrons. The summed E-state index contributed by atoms with van der Waals surface area (Å²) in [5, 5.41) is 2.53. The van der Waals surface area contributed by atoms with Crippen LogP contribution in [0.4, 0.5) is 8.78 Å². The number of carbonyl (C=O) groups excluding carboxylic acids is 2. The van der Waals surface area contributed by atoms with E-state index in [0.717, 1.165) is 10.5 Å². The summed E-state index contributed by atoms with van der Waals surface area (Å²) in [5.74, 6) is -0.854. The Morgan fingerprint density at radius 1 is 1.25 bits per heavy atom. The van der Waals surface area contributed by atoms with Crippen molar-refractivity contribution < 1.29 is 18.4 Å². The van der Waals surface area contributed by atoms with Crippen LogP contribution in [0.15, 0.2) is 30.3 Å². The molecule has 0 radical (unpaired) electrons. The molecule has 1 aliphatic heterocycles. The smallest absolute Gasteiger partial charge is 0.255 e. The first-order valence-electron chi connectivity index (χ1n) is 6.42. The molecule has 1 saturated heterocycles. The molecule has 1 aliphatic rings. The maximum atomic E-state index is 12.6. The molecule has 2 amide bonds. The zero-order chi connectivity index (χ0) is 14.7. The number of alkyl halides is 2. The second kappa shape index (κ2) is 5.98. The summed E-state index contributed by atoms with van der Waals surface area (Å²) in [6.07, 6.45) is -2.42. The predicted molar refractivity (Wildman–Crippen MR) is 69.3 cm³/mol. The van der Waals surface area contributed by atoms with Gasteiger partial charge in [0.05, 0.1) is 6.54 Å². The maximum Gasteiger partial charge on any atom is 0.255 e. The van der Waals surface area contributed by atoms with Crippen molar-refractivity contribution in [3.63, 3.8) is 0 Å². The van der Waals surface area contributed by atoms with Gasteiger partial charge in [0.25, 0.3) is 6.43 Å². The Balaban J connectivity index is 2.21. The highest BCUT2D eigenvalue weighted by Crippen LogP contribution is 2.16.